The van der Waals surface area contributed by atoms with Gasteiger partial charge in [0.2, 0.25) is 0 Å². The average Bonchev–Trinajstić information content (AvgIpc) is 2.61. The molecule has 1 saturated carbocycles. The van der Waals surface area contributed by atoms with Crippen LogP contribution in [0, 0.1) is 16.7 Å². The fourth-order valence-electron chi connectivity index (χ4n) is 2.40. The third-order valence-corrected chi connectivity index (χ3v) is 4.48. The topological polar surface area (TPSA) is 39.2 Å². The van der Waals surface area contributed by atoms with E-state index in [4.69, 9.17) is 16.3 Å². The van der Waals surface area contributed by atoms with Gasteiger partial charge in [-0.05, 0) is 23.0 Å². The van der Waals surface area contributed by atoms with E-state index in [1.165, 1.54) is 0 Å². The van der Waals surface area contributed by atoms with Crippen LogP contribution in [0.25, 0.3) is 0 Å². The molecule has 1 aromatic rings. The smallest absolute Gasteiger partial charge is 0.315 e. The van der Waals surface area contributed by atoms with Crippen LogP contribution in [0.5, 0.6) is 5.75 Å². The molecular weight excluding hydrogens is 238 g/mol. The molecule has 0 spiro atoms. The first-order valence-electron chi connectivity index (χ1n) is 5.60. The van der Waals surface area contributed by atoms with E-state index in [0.717, 1.165) is 0 Å². The minimum atomic E-state index is -0.227. The Morgan fingerprint density at radius 1 is 1.35 bits per heavy atom. The molecule has 17 heavy (non-hydrogen) atoms. The summed E-state index contributed by atoms with van der Waals surface area (Å²) >= 11 is 5.85. The third kappa shape index (κ3) is 1.82. The van der Waals surface area contributed by atoms with Crippen molar-refractivity contribution in [1.29, 1.82) is 0 Å². The molecule has 2 rings (SSSR count). The second-order valence-corrected chi connectivity index (χ2v) is 5.95. The van der Waals surface area contributed by atoms with Crippen LogP contribution in [0.2, 0.25) is 5.15 Å². The molecule has 0 bridgehead atoms. The van der Waals surface area contributed by atoms with E-state index < -0.39 is 0 Å². The Hall–Kier alpha value is -1.09. The second-order valence-electron chi connectivity index (χ2n) is 5.59. The van der Waals surface area contributed by atoms with Gasteiger partial charge in [0.15, 0.2) is 10.9 Å². The zero-order chi connectivity index (χ0) is 12.8. The number of rotatable bonds is 2. The predicted molar refractivity (Wildman–Crippen MR) is 65.9 cm³/mol. The van der Waals surface area contributed by atoms with Crippen molar-refractivity contribution >= 4 is 17.6 Å². The lowest BCUT2D eigenvalue weighted by molar-refractivity contribution is -0.137. The zero-order valence-corrected chi connectivity index (χ0v) is 11.2. The molecule has 4 heteroatoms. The van der Waals surface area contributed by atoms with Crippen molar-refractivity contribution in [2.45, 2.75) is 27.7 Å². The number of carbonyl (C=O) groups is 1. The maximum Gasteiger partial charge on any atom is 0.315 e. The highest BCUT2D eigenvalue weighted by Gasteiger charge is 2.69. The highest BCUT2D eigenvalue weighted by Crippen LogP contribution is 2.68. The van der Waals surface area contributed by atoms with Gasteiger partial charge in [-0.25, -0.2) is 4.98 Å². The van der Waals surface area contributed by atoms with Crippen LogP contribution < -0.4 is 4.74 Å². The van der Waals surface area contributed by atoms with Crippen molar-refractivity contribution in [3.8, 4) is 5.75 Å². The molecule has 1 fully saturated rings. The number of ether oxygens (including phenoxy) is 1. The van der Waals surface area contributed by atoms with Gasteiger partial charge in [0.25, 0.3) is 0 Å². The summed E-state index contributed by atoms with van der Waals surface area (Å²) in [6.07, 6.45) is 1.56. The molecule has 1 aromatic heterocycles. The number of halogens is 1. The number of hydrogen-bond acceptors (Lipinski definition) is 3. The summed E-state index contributed by atoms with van der Waals surface area (Å²) in [7, 11) is 0. The Kier molecular flexibility index (Phi) is 2.69. The van der Waals surface area contributed by atoms with Crippen molar-refractivity contribution in [3.05, 3.63) is 23.5 Å². The minimum Gasteiger partial charge on any atom is -0.423 e. The third-order valence-electron chi connectivity index (χ3n) is 4.19. The summed E-state index contributed by atoms with van der Waals surface area (Å²) in [6, 6.07) is 3.34. The van der Waals surface area contributed by atoms with Gasteiger partial charge >= 0.3 is 5.97 Å². The van der Waals surface area contributed by atoms with Crippen LogP contribution >= 0.6 is 11.6 Å². The molecule has 0 N–H and O–H groups in total. The minimum absolute atomic E-state index is 0.0290. The molecule has 0 saturated heterocycles. The van der Waals surface area contributed by atoms with Gasteiger partial charge < -0.3 is 4.74 Å². The lowest BCUT2D eigenvalue weighted by Gasteiger charge is -2.06. The van der Waals surface area contributed by atoms with E-state index in [1.807, 2.05) is 0 Å². The van der Waals surface area contributed by atoms with Crippen LogP contribution in [-0.2, 0) is 4.79 Å². The van der Waals surface area contributed by atoms with E-state index in [0.29, 0.717) is 5.75 Å². The number of hydrogen-bond donors (Lipinski definition) is 0. The van der Waals surface area contributed by atoms with E-state index >= 15 is 0 Å². The molecule has 0 atom stereocenters. The Balaban J connectivity index is 2.13. The SMILES string of the molecule is CC1(C)C(C(=O)Oc2cccnc2Cl)C1(C)C. The Labute approximate surface area is 106 Å². The van der Waals surface area contributed by atoms with Gasteiger partial charge in [0, 0.05) is 6.20 Å². The van der Waals surface area contributed by atoms with Crippen molar-refractivity contribution in [1.82, 2.24) is 4.98 Å². The Morgan fingerprint density at radius 2 is 1.94 bits per heavy atom. The van der Waals surface area contributed by atoms with Crippen LogP contribution in [0.3, 0.4) is 0 Å². The maximum atomic E-state index is 12.0. The average molecular weight is 254 g/mol. The second kappa shape index (κ2) is 3.70. The lowest BCUT2D eigenvalue weighted by Crippen LogP contribution is -2.15. The van der Waals surface area contributed by atoms with E-state index in [1.54, 1.807) is 18.3 Å². The fourth-order valence-corrected chi connectivity index (χ4v) is 2.56. The number of esters is 1. The molecule has 0 radical (unpaired) electrons. The number of pyridine rings is 1. The van der Waals surface area contributed by atoms with Crippen molar-refractivity contribution in [3.63, 3.8) is 0 Å². The number of nitrogens with zero attached hydrogens (tertiary/aromatic N) is 1. The first-order chi connectivity index (χ1) is 7.78. The van der Waals surface area contributed by atoms with Crippen LogP contribution in [0.15, 0.2) is 18.3 Å². The molecule has 1 heterocycles. The zero-order valence-electron chi connectivity index (χ0n) is 10.5. The summed E-state index contributed by atoms with van der Waals surface area (Å²) in [6.45, 7) is 8.29. The number of aromatic nitrogens is 1. The van der Waals surface area contributed by atoms with Gasteiger partial charge in [-0.1, -0.05) is 39.3 Å². The first kappa shape index (κ1) is 12.4. The van der Waals surface area contributed by atoms with Crippen LogP contribution in [-0.4, -0.2) is 11.0 Å². The summed E-state index contributed by atoms with van der Waals surface area (Å²) in [5.74, 6) is 0.0128. The molecule has 0 amide bonds. The summed E-state index contributed by atoms with van der Waals surface area (Å²) < 4.78 is 5.31. The summed E-state index contributed by atoms with van der Waals surface area (Å²) in [4.78, 5) is 15.9. The van der Waals surface area contributed by atoms with Gasteiger partial charge in [-0.3, -0.25) is 4.79 Å². The molecule has 1 aliphatic carbocycles. The lowest BCUT2D eigenvalue weighted by atomic mass is 10.0. The molecule has 0 aliphatic heterocycles. The van der Waals surface area contributed by atoms with E-state index in [-0.39, 0.29) is 27.9 Å². The molecule has 92 valence electrons. The maximum absolute atomic E-state index is 12.0. The van der Waals surface area contributed by atoms with Gasteiger partial charge in [-0.2, -0.15) is 0 Å². The standard InChI is InChI=1S/C13H16ClNO2/c1-12(2)9(13(12,3)4)11(16)17-8-6-5-7-15-10(8)14/h5-7,9H,1-4H3. The van der Waals surface area contributed by atoms with E-state index in [2.05, 4.69) is 32.7 Å². The molecule has 1 aliphatic rings. The Morgan fingerprint density at radius 3 is 2.41 bits per heavy atom. The van der Waals surface area contributed by atoms with Crippen LogP contribution in [0.4, 0.5) is 0 Å². The Bertz CT molecular complexity index is 454. The normalized spacial score (nSPS) is 21.0. The largest absolute Gasteiger partial charge is 0.423 e. The fraction of sp³-hybridized carbons (Fsp3) is 0.538. The van der Waals surface area contributed by atoms with Crippen LogP contribution in [0.1, 0.15) is 27.7 Å². The van der Waals surface area contributed by atoms with Crippen molar-refractivity contribution < 1.29 is 9.53 Å². The predicted octanol–water partition coefficient (Wildman–Crippen LogP) is 3.32. The summed E-state index contributed by atoms with van der Waals surface area (Å²) in [5.41, 5.74) is -0.0580. The highest BCUT2D eigenvalue weighted by molar-refractivity contribution is 6.30. The van der Waals surface area contributed by atoms with Gasteiger partial charge in [0.1, 0.15) is 0 Å². The summed E-state index contributed by atoms with van der Waals surface area (Å²) in [5, 5.41) is 0.220. The van der Waals surface area contributed by atoms with Crippen molar-refractivity contribution in [2.75, 3.05) is 0 Å². The first-order valence-corrected chi connectivity index (χ1v) is 5.98. The molecule has 0 aromatic carbocycles. The highest BCUT2D eigenvalue weighted by atomic mass is 35.5. The molecular formula is C13H16ClNO2. The van der Waals surface area contributed by atoms with Gasteiger partial charge in [-0.15, -0.1) is 0 Å². The monoisotopic (exact) mass is 253 g/mol. The molecule has 3 nitrogen and oxygen atoms in total. The molecule has 0 unspecified atom stereocenters. The van der Waals surface area contributed by atoms with E-state index in [9.17, 15) is 4.79 Å². The quantitative estimate of drug-likeness (QED) is 0.600. The van der Waals surface area contributed by atoms with Crippen molar-refractivity contribution in [2.24, 2.45) is 16.7 Å². The van der Waals surface area contributed by atoms with Gasteiger partial charge in [0.05, 0.1) is 5.92 Å². The number of carbonyl (C=O) groups excluding carboxylic acids is 1.